The first kappa shape index (κ1) is 14.3. The van der Waals surface area contributed by atoms with Crippen LogP contribution in [0.15, 0.2) is 6.08 Å². The fourth-order valence-corrected chi connectivity index (χ4v) is 3.71. The van der Waals surface area contributed by atoms with Gasteiger partial charge >= 0.3 is 0 Å². The quantitative estimate of drug-likeness (QED) is 0.834. The third-order valence-corrected chi connectivity index (χ3v) is 5.09. The fourth-order valence-electron chi connectivity index (χ4n) is 3.71. The summed E-state index contributed by atoms with van der Waals surface area (Å²) >= 11 is 0. The number of amides is 1. The lowest BCUT2D eigenvalue weighted by Gasteiger charge is -2.16. The second-order valence-electron chi connectivity index (χ2n) is 6.35. The Balaban J connectivity index is 1.68. The van der Waals surface area contributed by atoms with E-state index in [1.165, 1.54) is 0 Å². The second-order valence-corrected chi connectivity index (χ2v) is 6.35. The number of aryl methyl sites for hydroxylation is 2. The molecule has 3 rings (SSSR count). The second kappa shape index (κ2) is 5.30. The summed E-state index contributed by atoms with van der Waals surface area (Å²) in [4.78, 5) is 14.2. The highest BCUT2D eigenvalue weighted by molar-refractivity contribution is 5.92. The summed E-state index contributed by atoms with van der Waals surface area (Å²) in [6.07, 6.45) is 5.22. The van der Waals surface area contributed by atoms with Gasteiger partial charge in [0.1, 0.15) is 0 Å². The lowest BCUT2D eigenvalue weighted by molar-refractivity contribution is -0.125. The maximum absolute atomic E-state index is 12.3. The molecule has 2 aliphatic rings. The molecule has 5 nitrogen and oxygen atoms in total. The van der Waals surface area contributed by atoms with Crippen molar-refractivity contribution in [3.63, 3.8) is 0 Å². The van der Waals surface area contributed by atoms with E-state index in [4.69, 9.17) is 0 Å². The monoisotopic (exact) mass is 289 g/mol. The number of hydrogen-bond donors (Lipinski definition) is 1. The Hall–Kier alpha value is -1.62. The highest BCUT2D eigenvalue weighted by Crippen LogP contribution is 2.38. The van der Waals surface area contributed by atoms with Crippen LogP contribution >= 0.6 is 0 Å². The average molecular weight is 289 g/mol. The lowest BCUT2D eigenvalue weighted by atomic mass is 10.00. The minimum atomic E-state index is -0.223. The molecule has 1 aliphatic carbocycles. The Morgan fingerprint density at radius 3 is 2.71 bits per heavy atom. The van der Waals surface area contributed by atoms with E-state index in [-0.39, 0.29) is 17.9 Å². The van der Waals surface area contributed by atoms with Gasteiger partial charge in [0.2, 0.25) is 5.91 Å². The molecule has 5 heteroatoms. The summed E-state index contributed by atoms with van der Waals surface area (Å²) in [5, 5.41) is 14.3. The normalized spacial score (nSPS) is 28.6. The van der Waals surface area contributed by atoms with Crippen LogP contribution in [-0.2, 0) is 11.8 Å². The van der Waals surface area contributed by atoms with Crippen molar-refractivity contribution in [2.45, 2.75) is 32.8 Å². The Bertz CT molecular complexity index is 591. The van der Waals surface area contributed by atoms with Gasteiger partial charge in [-0.3, -0.25) is 9.48 Å². The van der Waals surface area contributed by atoms with Crippen LogP contribution in [0.25, 0.3) is 6.08 Å². The zero-order valence-electron chi connectivity index (χ0n) is 12.9. The van der Waals surface area contributed by atoms with Gasteiger partial charge in [0.25, 0.3) is 0 Å². The highest BCUT2D eigenvalue weighted by atomic mass is 16.3. The molecule has 3 atom stereocenters. The summed E-state index contributed by atoms with van der Waals surface area (Å²) in [6, 6.07) is 0. The van der Waals surface area contributed by atoms with Crippen molar-refractivity contribution in [3.05, 3.63) is 23.0 Å². The number of aliphatic hydroxyl groups is 1. The number of fused-ring (bicyclic) bond motifs is 1. The SMILES string of the molecule is Cc1nn(C)c(C)c1/C=C/C(=O)N1CC2CCC(O)C2C1. The van der Waals surface area contributed by atoms with Gasteiger partial charge in [-0.25, -0.2) is 0 Å². The first-order valence-electron chi connectivity index (χ1n) is 7.62. The van der Waals surface area contributed by atoms with Crippen LogP contribution in [0, 0.1) is 25.7 Å². The maximum Gasteiger partial charge on any atom is 0.246 e. The van der Waals surface area contributed by atoms with Gasteiger partial charge in [-0.1, -0.05) is 0 Å². The molecule has 0 bridgehead atoms. The molecule has 1 aromatic rings. The molecule has 3 unspecified atom stereocenters. The molecule has 1 saturated heterocycles. The van der Waals surface area contributed by atoms with Gasteiger partial charge in [0.05, 0.1) is 11.8 Å². The van der Waals surface area contributed by atoms with Gasteiger partial charge in [-0.15, -0.1) is 0 Å². The third kappa shape index (κ3) is 2.50. The summed E-state index contributed by atoms with van der Waals surface area (Å²) in [6.45, 7) is 5.43. The van der Waals surface area contributed by atoms with E-state index in [1.807, 2.05) is 36.6 Å². The number of aliphatic hydroxyl groups excluding tert-OH is 1. The minimum absolute atomic E-state index is 0.0410. The highest BCUT2D eigenvalue weighted by Gasteiger charge is 2.42. The minimum Gasteiger partial charge on any atom is -0.393 e. The Labute approximate surface area is 125 Å². The van der Waals surface area contributed by atoms with Gasteiger partial charge < -0.3 is 10.0 Å². The Morgan fingerprint density at radius 2 is 2.10 bits per heavy atom. The van der Waals surface area contributed by atoms with E-state index in [0.717, 1.165) is 36.3 Å². The topological polar surface area (TPSA) is 58.4 Å². The van der Waals surface area contributed by atoms with Crippen LogP contribution in [0.3, 0.4) is 0 Å². The zero-order chi connectivity index (χ0) is 15.1. The molecule has 0 spiro atoms. The number of carbonyl (C=O) groups excluding carboxylic acids is 1. The number of nitrogens with zero attached hydrogens (tertiary/aromatic N) is 3. The molecule has 1 aliphatic heterocycles. The predicted molar refractivity (Wildman–Crippen MR) is 80.5 cm³/mol. The smallest absolute Gasteiger partial charge is 0.246 e. The predicted octanol–water partition coefficient (Wildman–Crippen LogP) is 1.28. The summed E-state index contributed by atoms with van der Waals surface area (Å²) in [5.41, 5.74) is 3.02. The van der Waals surface area contributed by atoms with Crippen LogP contribution < -0.4 is 0 Å². The first-order valence-corrected chi connectivity index (χ1v) is 7.62. The fraction of sp³-hybridized carbons (Fsp3) is 0.625. The van der Waals surface area contributed by atoms with Crippen LogP contribution in [0.5, 0.6) is 0 Å². The van der Waals surface area contributed by atoms with Crippen molar-refractivity contribution in [2.24, 2.45) is 18.9 Å². The molecule has 1 amide bonds. The van der Waals surface area contributed by atoms with Gasteiger partial charge in [-0.05, 0) is 38.7 Å². The lowest BCUT2D eigenvalue weighted by Crippen LogP contribution is -2.29. The molecule has 1 aromatic heterocycles. The molecule has 21 heavy (non-hydrogen) atoms. The molecular formula is C16H23N3O2. The van der Waals surface area contributed by atoms with Crippen LogP contribution in [-0.4, -0.2) is 44.9 Å². The van der Waals surface area contributed by atoms with Crippen molar-refractivity contribution >= 4 is 12.0 Å². The van der Waals surface area contributed by atoms with Crippen molar-refractivity contribution in [3.8, 4) is 0 Å². The molecular weight excluding hydrogens is 266 g/mol. The molecule has 114 valence electrons. The average Bonchev–Trinajstić information content (AvgIpc) is 3.07. The summed E-state index contributed by atoms with van der Waals surface area (Å²) < 4.78 is 1.83. The van der Waals surface area contributed by atoms with Crippen LogP contribution in [0.1, 0.15) is 29.8 Å². The molecule has 1 saturated carbocycles. The molecule has 0 radical (unpaired) electrons. The number of hydrogen-bond acceptors (Lipinski definition) is 3. The van der Waals surface area contributed by atoms with E-state index in [1.54, 1.807) is 6.08 Å². The van der Waals surface area contributed by atoms with E-state index < -0.39 is 0 Å². The van der Waals surface area contributed by atoms with Crippen molar-refractivity contribution in [2.75, 3.05) is 13.1 Å². The molecule has 0 aromatic carbocycles. The summed E-state index contributed by atoms with van der Waals surface area (Å²) in [5.74, 6) is 0.808. The number of likely N-dealkylation sites (tertiary alicyclic amines) is 1. The Kier molecular flexibility index (Phi) is 3.61. The summed E-state index contributed by atoms with van der Waals surface area (Å²) in [7, 11) is 1.91. The van der Waals surface area contributed by atoms with E-state index in [2.05, 4.69) is 5.10 Å². The standard InChI is InChI=1S/C16H23N3O2/c1-10-13(11(2)18(3)17-10)5-7-16(21)19-8-12-4-6-15(20)14(12)9-19/h5,7,12,14-15,20H,4,6,8-9H2,1-3H3/b7-5+. The van der Waals surface area contributed by atoms with Crippen molar-refractivity contribution in [1.82, 2.24) is 14.7 Å². The van der Waals surface area contributed by atoms with E-state index in [0.29, 0.717) is 12.5 Å². The number of carbonyl (C=O) groups is 1. The zero-order valence-corrected chi connectivity index (χ0v) is 12.9. The van der Waals surface area contributed by atoms with E-state index in [9.17, 15) is 9.90 Å². The Morgan fingerprint density at radius 1 is 1.33 bits per heavy atom. The molecule has 1 N–H and O–H groups in total. The van der Waals surface area contributed by atoms with Gasteiger partial charge in [0, 0.05) is 43.4 Å². The molecule has 2 fully saturated rings. The van der Waals surface area contributed by atoms with Gasteiger partial charge in [0.15, 0.2) is 0 Å². The van der Waals surface area contributed by atoms with Crippen molar-refractivity contribution < 1.29 is 9.90 Å². The number of rotatable bonds is 2. The van der Waals surface area contributed by atoms with Gasteiger partial charge in [-0.2, -0.15) is 5.10 Å². The molecule has 2 heterocycles. The van der Waals surface area contributed by atoms with Crippen molar-refractivity contribution in [1.29, 1.82) is 0 Å². The van der Waals surface area contributed by atoms with E-state index >= 15 is 0 Å². The van der Waals surface area contributed by atoms with Crippen LogP contribution in [0.2, 0.25) is 0 Å². The largest absolute Gasteiger partial charge is 0.393 e. The number of aromatic nitrogens is 2. The van der Waals surface area contributed by atoms with Crippen LogP contribution in [0.4, 0.5) is 0 Å². The first-order chi connectivity index (χ1) is 9.97. The third-order valence-electron chi connectivity index (χ3n) is 5.09. The maximum atomic E-state index is 12.3.